The second-order valence-electron chi connectivity index (χ2n) is 8.63. The molecule has 2 aliphatic rings. The molecule has 4 rings (SSSR count). The molecule has 29 heavy (non-hydrogen) atoms. The van der Waals surface area contributed by atoms with Crippen molar-refractivity contribution < 1.29 is 12.8 Å². The number of hydrogen-bond donors (Lipinski definition) is 0. The van der Waals surface area contributed by atoms with Gasteiger partial charge in [-0.15, -0.1) is 0 Å². The van der Waals surface area contributed by atoms with Gasteiger partial charge in [-0.3, -0.25) is 9.80 Å². The molecule has 7 heteroatoms. The van der Waals surface area contributed by atoms with E-state index in [-0.39, 0.29) is 17.4 Å². The van der Waals surface area contributed by atoms with Gasteiger partial charge in [0.25, 0.3) is 0 Å². The minimum Gasteiger partial charge on any atom is -0.296 e. The lowest BCUT2D eigenvalue weighted by Gasteiger charge is -2.55. The van der Waals surface area contributed by atoms with Crippen molar-refractivity contribution in [2.45, 2.75) is 36.9 Å². The smallest absolute Gasteiger partial charge is 0.243 e. The molecule has 2 aromatic rings. The van der Waals surface area contributed by atoms with Crippen LogP contribution < -0.4 is 0 Å². The minimum absolute atomic E-state index is 0.131. The zero-order chi connectivity index (χ0) is 20.6. The quantitative estimate of drug-likeness (QED) is 0.767. The van der Waals surface area contributed by atoms with Crippen LogP contribution in [0.2, 0.25) is 0 Å². The molecule has 0 spiro atoms. The zero-order valence-electron chi connectivity index (χ0n) is 17.0. The Balaban J connectivity index is 1.52. The van der Waals surface area contributed by atoms with Crippen molar-refractivity contribution in [3.63, 3.8) is 0 Å². The third kappa shape index (κ3) is 4.23. The topological polar surface area (TPSA) is 43.9 Å². The van der Waals surface area contributed by atoms with Gasteiger partial charge in [0.15, 0.2) is 0 Å². The van der Waals surface area contributed by atoms with Gasteiger partial charge in [-0.25, -0.2) is 12.8 Å². The molecule has 2 aromatic carbocycles. The van der Waals surface area contributed by atoms with Crippen LogP contribution in [0.1, 0.15) is 19.4 Å². The van der Waals surface area contributed by atoms with Crippen molar-refractivity contribution >= 4 is 10.0 Å². The highest BCUT2D eigenvalue weighted by Gasteiger charge is 2.45. The van der Waals surface area contributed by atoms with Gasteiger partial charge < -0.3 is 0 Å². The van der Waals surface area contributed by atoms with Gasteiger partial charge in [0, 0.05) is 50.8 Å². The molecule has 0 radical (unpaired) electrons. The normalized spacial score (nSPS) is 23.6. The first-order chi connectivity index (χ1) is 13.8. The maximum absolute atomic E-state index is 13.2. The number of rotatable bonds is 4. The summed E-state index contributed by atoms with van der Waals surface area (Å²) < 4.78 is 41.3. The van der Waals surface area contributed by atoms with Crippen LogP contribution >= 0.6 is 0 Å². The molecule has 2 saturated heterocycles. The van der Waals surface area contributed by atoms with Crippen LogP contribution in [0.3, 0.4) is 0 Å². The third-order valence-corrected chi connectivity index (χ3v) is 7.85. The van der Waals surface area contributed by atoms with E-state index < -0.39 is 10.0 Å². The van der Waals surface area contributed by atoms with Crippen molar-refractivity contribution in [2.24, 2.45) is 0 Å². The van der Waals surface area contributed by atoms with Crippen LogP contribution in [0, 0.1) is 5.82 Å². The van der Waals surface area contributed by atoms with Crippen LogP contribution in [0.5, 0.6) is 0 Å². The van der Waals surface area contributed by atoms with Crippen molar-refractivity contribution in [2.75, 3.05) is 32.7 Å². The molecule has 0 N–H and O–H groups in total. The summed E-state index contributed by atoms with van der Waals surface area (Å²) in [6.45, 7) is 8.59. The summed E-state index contributed by atoms with van der Waals surface area (Å²) in [6, 6.07) is 15.4. The number of nitrogens with zero attached hydrogens (tertiary/aromatic N) is 3. The Morgan fingerprint density at radius 2 is 1.69 bits per heavy atom. The Kier molecular flexibility index (Phi) is 5.50. The Hall–Kier alpha value is -1.80. The predicted molar refractivity (Wildman–Crippen MR) is 111 cm³/mol. The Morgan fingerprint density at radius 3 is 2.38 bits per heavy atom. The van der Waals surface area contributed by atoms with E-state index in [0.29, 0.717) is 18.0 Å². The number of piperazine rings is 2. The van der Waals surface area contributed by atoms with Crippen LogP contribution in [0.25, 0.3) is 0 Å². The standard InChI is InChI=1S/C22H28FN3O2S/c1-22(2)17-25(29(27,28)21-6-4-3-5-7-21)16-20-15-24(12-13-26(20)22)14-18-8-10-19(23)11-9-18/h3-11,20H,12-17H2,1-2H3. The summed E-state index contributed by atoms with van der Waals surface area (Å²) >= 11 is 0. The van der Waals surface area contributed by atoms with Crippen molar-refractivity contribution in [3.05, 3.63) is 66.0 Å². The lowest BCUT2D eigenvalue weighted by molar-refractivity contribution is -0.0450. The maximum atomic E-state index is 13.2. The second-order valence-corrected chi connectivity index (χ2v) is 10.6. The molecule has 0 aromatic heterocycles. The number of hydrogen-bond acceptors (Lipinski definition) is 4. The monoisotopic (exact) mass is 417 g/mol. The third-order valence-electron chi connectivity index (χ3n) is 6.02. The van der Waals surface area contributed by atoms with E-state index in [9.17, 15) is 12.8 Å². The van der Waals surface area contributed by atoms with Gasteiger partial charge in [0.05, 0.1) is 4.90 Å². The van der Waals surface area contributed by atoms with E-state index in [1.54, 1.807) is 28.6 Å². The SMILES string of the molecule is CC1(C)CN(S(=O)(=O)c2ccccc2)CC2CN(Cc3ccc(F)cc3)CCN21. The maximum Gasteiger partial charge on any atom is 0.243 e. The van der Waals surface area contributed by atoms with Gasteiger partial charge in [-0.1, -0.05) is 30.3 Å². The van der Waals surface area contributed by atoms with Crippen molar-refractivity contribution in [3.8, 4) is 0 Å². The molecular formula is C22H28FN3O2S. The van der Waals surface area contributed by atoms with Gasteiger partial charge in [-0.2, -0.15) is 4.31 Å². The number of benzene rings is 2. The summed E-state index contributed by atoms with van der Waals surface area (Å²) in [5, 5.41) is 0. The predicted octanol–water partition coefficient (Wildman–Crippen LogP) is 2.80. The number of halogens is 1. The molecule has 5 nitrogen and oxygen atoms in total. The van der Waals surface area contributed by atoms with Crippen LogP contribution in [0.15, 0.2) is 59.5 Å². The fraction of sp³-hybridized carbons (Fsp3) is 0.455. The van der Waals surface area contributed by atoms with Gasteiger partial charge in [0.2, 0.25) is 10.0 Å². The minimum atomic E-state index is -3.52. The summed E-state index contributed by atoms with van der Waals surface area (Å²) in [4.78, 5) is 5.14. The zero-order valence-corrected chi connectivity index (χ0v) is 17.8. The molecule has 1 unspecified atom stereocenters. The molecule has 156 valence electrons. The summed E-state index contributed by atoms with van der Waals surface area (Å²) in [7, 11) is -3.52. The van der Waals surface area contributed by atoms with Crippen LogP contribution in [-0.4, -0.2) is 66.8 Å². The molecule has 0 aliphatic carbocycles. The number of fused-ring (bicyclic) bond motifs is 1. The van der Waals surface area contributed by atoms with E-state index in [2.05, 4.69) is 23.6 Å². The molecule has 1 atom stereocenters. The van der Waals surface area contributed by atoms with E-state index in [0.717, 1.165) is 31.7 Å². The first-order valence-corrected chi connectivity index (χ1v) is 11.5. The molecular weight excluding hydrogens is 389 g/mol. The summed E-state index contributed by atoms with van der Waals surface area (Å²) in [5.41, 5.74) is 0.843. The lowest BCUT2D eigenvalue weighted by Crippen LogP contribution is -2.70. The fourth-order valence-corrected chi connectivity index (χ4v) is 6.26. The number of sulfonamides is 1. The molecule has 2 aliphatic heterocycles. The van der Waals surface area contributed by atoms with Gasteiger partial charge in [-0.05, 0) is 43.7 Å². The Bertz CT molecular complexity index is 948. The molecule has 0 bridgehead atoms. The fourth-order valence-electron chi connectivity index (χ4n) is 4.61. The summed E-state index contributed by atoms with van der Waals surface area (Å²) in [5.74, 6) is -0.227. The van der Waals surface area contributed by atoms with Gasteiger partial charge >= 0.3 is 0 Å². The van der Waals surface area contributed by atoms with Crippen LogP contribution in [0.4, 0.5) is 4.39 Å². The molecule has 2 heterocycles. The highest BCUT2D eigenvalue weighted by atomic mass is 32.2. The molecule has 2 fully saturated rings. The molecule has 0 amide bonds. The van der Waals surface area contributed by atoms with Crippen molar-refractivity contribution in [1.82, 2.24) is 14.1 Å². The lowest BCUT2D eigenvalue weighted by atomic mass is 9.94. The van der Waals surface area contributed by atoms with Gasteiger partial charge in [0.1, 0.15) is 5.82 Å². The Labute approximate surface area is 172 Å². The van der Waals surface area contributed by atoms with E-state index in [1.807, 2.05) is 18.2 Å². The average Bonchev–Trinajstić information content (AvgIpc) is 2.69. The van der Waals surface area contributed by atoms with E-state index >= 15 is 0 Å². The average molecular weight is 418 g/mol. The molecule has 0 saturated carbocycles. The van der Waals surface area contributed by atoms with E-state index in [4.69, 9.17) is 0 Å². The highest BCUT2D eigenvalue weighted by molar-refractivity contribution is 7.89. The van der Waals surface area contributed by atoms with Crippen LogP contribution in [-0.2, 0) is 16.6 Å². The summed E-state index contributed by atoms with van der Waals surface area (Å²) in [6.07, 6.45) is 0. The first-order valence-electron chi connectivity index (χ1n) is 10.0. The second kappa shape index (κ2) is 7.80. The highest BCUT2D eigenvalue weighted by Crippen LogP contribution is 2.31. The first kappa shape index (κ1) is 20.5. The Morgan fingerprint density at radius 1 is 1.00 bits per heavy atom. The van der Waals surface area contributed by atoms with Crippen molar-refractivity contribution in [1.29, 1.82) is 0 Å². The van der Waals surface area contributed by atoms with E-state index in [1.165, 1.54) is 12.1 Å². The largest absolute Gasteiger partial charge is 0.296 e.